The van der Waals surface area contributed by atoms with Crippen LogP contribution in [0, 0.1) is 6.92 Å². The van der Waals surface area contributed by atoms with E-state index in [2.05, 4.69) is 20.8 Å². The fraction of sp³-hybridized carbons (Fsp3) is 0.167. The molecule has 0 radical (unpaired) electrons. The molecule has 0 atom stereocenters. The molecule has 0 fully saturated rings. The zero-order valence-electron chi connectivity index (χ0n) is 15.0. The molecule has 1 amide bonds. The predicted octanol–water partition coefficient (Wildman–Crippen LogP) is 2.40. The number of hydrogen-bond acceptors (Lipinski definition) is 7. The average Bonchev–Trinajstić information content (AvgIpc) is 3.09. The molecule has 0 aliphatic rings. The number of aryl methyl sites for hydroxylation is 1. The third-order valence-electron chi connectivity index (χ3n) is 3.90. The van der Waals surface area contributed by atoms with Crippen molar-refractivity contribution in [3.8, 4) is 0 Å². The van der Waals surface area contributed by atoms with Crippen molar-refractivity contribution in [2.24, 2.45) is 5.14 Å². The third kappa shape index (κ3) is 5.35. The molecule has 0 spiro atoms. The maximum atomic E-state index is 12.2. The van der Waals surface area contributed by atoms with Crippen molar-refractivity contribution in [1.29, 1.82) is 0 Å². The van der Waals surface area contributed by atoms with Gasteiger partial charge in [-0.3, -0.25) is 10.1 Å². The minimum absolute atomic E-state index is 0.0855. The Kier molecular flexibility index (Phi) is 6.02. The van der Waals surface area contributed by atoms with Gasteiger partial charge < -0.3 is 5.32 Å². The van der Waals surface area contributed by atoms with Crippen LogP contribution in [-0.2, 0) is 16.4 Å². The Hall–Kier alpha value is -2.82. The van der Waals surface area contributed by atoms with E-state index in [1.807, 2.05) is 19.1 Å². The summed E-state index contributed by atoms with van der Waals surface area (Å²) in [5.74, 6) is -0.238. The topological polar surface area (TPSA) is 127 Å². The van der Waals surface area contributed by atoms with Crippen molar-refractivity contribution in [1.82, 2.24) is 10.2 Å². The molecule has 1 aromatic heterocycles. The molecule has 0 saturated carbocycles. The molecule has 2 aromatic carbocycles. The molecule has 0 aliphatic heterocycles. The fourth-order valence-corrected chi connectivity index (χ4v) is 3.56. The standard InChI is InChI=1S/C18H19N5O3S2/c1-12-2-6-14(7-3-12)16(24)21-18-23-22-17(27-18)20-11-10-13-4-8-15(9-5-13)28(19,25)26/h2-9H,10-11H2,1H3,(H,20,22)(H2,19,25,26)(H,21,23,24). The monoisotopic (exact) mass is 417 g/mol. The molecule has 0 saturated heterocycles. The number of aromatic nitrogens is 2. The average molecular weight is 418 g/mol. The zero-order valence-corrected chi connectivity index (χ0v) is 16.7. The Labute approximate surface area is 166 Å². The minimum Gasteiger partial charge on any atom is -0.360 e. The summed E-state index contributed by atoms with van der Waals surface area (Å²) in [7, 11) is -3.68. The molecule has 146 valence electrons. The van der Waals surface area contributed by atoms with Crippen molar-refractivity contribution in [2.75, 3.05) is 17.2 Å². The number of anilines is 2. The number of nitrogens with one attached hydrogen (secondary N) is 2. The molecular weight excluding hydrogens is 398 g/mol. The van der Waals surface area contributed by atoms with E-state index in [9.17, 15) is 13.2 Å². The van der Waals surface area contributed by atoms with E-state index in [4.69, 9.17) is 5.14 Å². The highest BCUT2D eigenvalue weighted by Gasteiger charge is 2.10. The molecule has 28 heavy (non-hydrogen) atoms. The molecule has 8 nitrogen and oxygen atoms in total. The highest BCUT2D eigenvalue weighted by molar-refractivity contribution is 7.89. The van der Waals surface area contributed by atoms with Gasteiger partial charge in [-0.05, 0) is 43.2 Å². The smallest absolute Gasteiger partial charge is 0.257 e. The lowest BCUT2D eigenvalue weighted by Crippen LogP contribution is -2.12. The Morgan fingerprint density at radius 3 is 2.32 bits per heavy atom. The Morgan fingerprint density at radius 2 is 1.68 bits per heavy atom. The summed E-state index contributed by atoms with van der Waals surface area (Å²) < 4.78 is 22.5. The zero-order chi connectivity index (χ0) is 20.1. The van der Waals surface area contributed by atoms with Crippen LogP contribution in [0.4, 0.5) is 10.3 Å². The first-order chi connectivity index (χ1) is 13.3. The molecule has 0 bridgehead atoms. The largest absolute Gasteiger partial charge is 0.360 e. The van der Waals surface area contributed by atoms with E-state index in [0.29, 0.717) is 28.8 Å². The summed E-state index contributed by atoms with van der Waals surface area (Å²) in [6.07, 6.45) is 0.662. The van der Waals surface area contributed by atoms with Gasteiger partial charge in [0.2, 0.25) is 20.3 Å². The lowest BCUT2D eigenvalue weighted by molar-refractivity contribution is 0.102. The molecule has 3 rings (SSSR count). The van der Waals surface area contributed by atoms with Crippen LogP contribution >= 0.6 is 11.3 Å². The Morgan fingerprint density at radius 1 is 1.04 bits per heavy atom. The van der Waals surface area contributed by atoms with Gasteiger partial charge in [0.25, 0.3) is 5.91 Å². The summed E-state index contributed by atoms with van der Waals surface area (Å²) in [6.45, 7) is 2.54. The van der Waals surface area contributed by atoms with Crippen LogP contribution in [0.25, 0.3) is 0 Å². The third-order valence-corrected chi connectivity index (χ3v) is 5.63. The highest BCUT2D eigenvalue weighted by Crippen LogP contribution is 2.20. The second kappa shape index (κ2) is 8.46. The number of hydrogen-bond donors (Lipinski definition) is 3. The summed E-state index contributed by atoms with van der Waals surface area (Å²) in [4.78, 5) is 12.3. The lowest BCUT2D eigenvalue weighted by atomic mass is 10.1. The van der Waals surface area contributed by atoms with Crippen molar-refractivity contribution < 1.29 is 13.2 Å². The lowest BCUT2D eigenvalue weighted by Gasteiger charge is -2.04. The van der Waals surface area contributed by atoms with Crippen molar-refractivity contribution in [3.63, 3.8) is 0 Å². The van der Waals surface area contributed by atoms with Gasteiger partial charge >= 0.3 is 0 Å². The number of nitrogens with two attached hydrogens (primary N) is 1. The van der Waals surface area contributed by atoms with Gasteiger partial charge in [0.1, 0.15) is 0 Å². The van der Waals surface area contributed by atoms with E-state index in [1.54, 1.807) is 24.3 Å². The summed E-state index contributed by atoms with van der Waals surface area (Å²) in [6, 6.07) is 13.7. The normalized spacial score (nSPS) is 11.2. The fourth-order valence-electron chi connectivity index (χ4n) is 2.38. The maximum absolute atomic E-state index is 12.2. The van der Waals surface area contributed by atoms with E-state index < -0.39 is 10.0 Å². The molecule has 4 N–H and O–H groups in total. The number of benzene rings is 2. The quantitative estimate of drug-likeness (QED) is 0.542. The van der Waals surface area contributed by atoms with E-state index in [1.165, 1.54) is 23.5 Å². The molecular formula is C18H19N5O3S2. The maximum Gasteiger partial charge on any atom is 0.257 e. The van der Waals surface area contributed by atoms with Crippen LogP contribution in [0.5, 0.6) is 0 Å². The van der Waals surface area contributed by atoms with Crippen LogP contribution in [0.1, 0.15) is 21.5 Å². The Balaban J connectivity index is 1.50. The summed E-state index contributed by atoms with van der Waals surface area (Å²) in [5.41, 5.74) is 2.59. The van der Waals surface area contributed by atoms with Gasteiger partial charge in [-0.15, -0.1) is 10.2 Å². The number of rotatable bonds is 7. The first-order valence-electron chi connectivity index (χ1n) is 8.38. The predicted molar refractivity (Wildman–Crippen MR) is 109 cm³/mol. The van der Waals surface area contributed by atoms with Crippen LogP contribution in [0.2, 0.25) is 0 Å². The van der Waals surface area contributed by atoms with Gasteiger partial charge in [0.05, 0.1) is 4.90 Å². The Bertz CT molecular complexity index is 1060. The van der Waals surface area contributed by atoms with E-state index in [0.717, 1.165) is 11.1 Å². The molecule has 1 heterocycles. The van der Waals surface area contributed by atoms with Gasteiger partial charge in [-0.1, -0.05) is 41.2 Å². The van der Waals surface area contributed by atoms with E-state index in [-0.39, 0.29) is 10.8 Å². The second-order valence-corrected chi connectivity index (χ2v) is 8.64. The SMILES string of the molecule is Cc1ccc(C(=O)Nc2nnc(NCCc3ccc(S(N)(=O)=O)cc3)s2)cc1. The summed E-state index contributed by atoms with van der Waals surface area (Å²) >= 11 is 1.24. The van der Waals surface area contributed by atoms with E-state index >= 15 is 0 Å². The number of carbonyl (C=O) groups is 1. The van der Waals surface area contributed by atoms with Crippen molar-refractivity contribution in [3.05, 3.63) is 65.2 Å². The minimum atomic E-state index is -3.68. The highest BCUT2D eigenvalue weighted by atomic mass is 32.2. The van der Waals surface area contributed by atoms with Crippen LogP contribution in [0.15, 0.2) is 53.4 Å². The van der Waals surface area contributed by atoms with Gasteiger partial charge in [-0.25, -0.2) is 13.6 Å². The number of nitrogens with zero attached hydrogens (tertiary/aromatic N) is 2. The number of amides is 1. The number of primary sulfonamides is 1. The van der Waals surface area contributed by atoms with Gasteiger partial charge in [0.15, 0.2) is 0 Å². The second-order valence-electron chi connectivity index (χ2n) is 6.10. The molecule has 10 heteroatoms. The molecule has 0 unspecified atom stereocenters. The van der Waals surface area contributed by atoms with Gasteiger partial charge in [-0.2, -0.15) is 0 Å². The van der Waals surface area contributed by atoms with Gasteiger partial charge in [0, 0.05) is 12.1 Å². The van der Waals surface area contributed by atoms with Crippen LogP contribution < -0.4 is 15.8 Å². The summed E-state index contributed by atoms with van der Waals surface area (Å²) in [5, 5.41) is 19.9. The molecule has 3 aromatic rings. The van der Waals surface area contributed by atoms with Crippen LogP contribution in [0.3, 0.4) is 0 Å². The molecule has 0 aliphatic carbocycles. The number of carbonyl (C=O) groups excluding carboxylic acids is 1. The first-order valence-corrected chi connectivity index (χ1v) is 10.7. The number of sulfonamides is 1. The van der Waals surface area contributed by atoms with Crippen molar-refractivity contribution >= 4 is 37.5 Å². The van der Waals surface area contributed by atoms with Crippen LogP contribution in [-0.4, -0.2) is 31.1 Å². The first kappa shape index (κ1) is 19.9. The van der Waals surface area contributed by atoms with Crippen molar-refractivity contribution in [2.45, 2.75) is 18.2 Å².